The molecule has 1 amide bonds. The summed E-state index contributed by atoms with van der Waals surface area (Å²) in [5.41, 5.74) is 0.613. The molecule has 0 aromatic heterocycles. The molecule has 1 aliphatic rings. The first kappa shape index (κ1) is 11.4. The second kappa shape index (κ2) is 4.43. The molecule has 2 rings (SSSR count). The van der Waals surface area contributed by atoms with Crippen molar-refractivity contribution in [1.82, 2.24) is 0 Å². The topological polar surface area (TPSA) is 40.5 Å². The summed E-state index contributed by atoms with van der Waals surface area (Å²) in [5.74, 6) is -0.637. The Morgan fingerprint density at radius 2 is 2.31 bits per heavy atom. The molecule has 1 atom stereocenters. The van der Waals surface area contributed by atoms with E-state index in [1.807, 2.05) is 0 Å². The zero-order valence-electron chi connectivity index (χ0n) is 8.56. The molecule has 1 aromatic carbocycles. The van der Waals surface area contributed by atoms with Gasteiger partial charge in [0.25, 0.3) is 0 Å². The molecule has 1 heterocycles. The molecule has 1 aliphatic heterocycles. The molecule has 0 spiro atoms. The van der Waals surface area contributed by atoms with Gasteiger partial charge in [-0.1, -0.05) is 12.1 Å². The normalized spacial score (nSPS) is 20.6. The lowest BCUT2D eigenvalue weighted by molar-refractivity contribution is -0.117. The number of carbonyl (C=O) groups excluding carboxylic acids is 1. The Kier molecular flexibility index (Phi) is 3.16. The van der Waals surface area contributed by atoms with Crippen LogP contribution in [0.4, 0.5) is 10.1 Å². The lowest BCUT2D eigenvalue weighted by Gasteiger charge is -2.19. The average Bonchev–Trinajstić information content (AvgIpc) is 2.57. The SMILES string of the molecule is O=C1CC(S)CN1c1c(F)cccc1CO. The van der Waals surface area contributed by atoms with Crippen molar-refractivity contribution >= 4 is 24.2 Å². The first-order valence-corrected chi connectivity index (χ1v) is 5.51. The Morgan fingerprint density at radius 3 is 2.88 bits per heavy atom. The number of halogens is 1. The van der Waals surface area contributed by atoms with Gasteiger partial charge in [-0.3, -0.25) is 4.79 Å². The van der Waals surface area contributed by atoms with Gasteiger partial charge >= 0.3 is 0 Å². The molecule has 1 aromatic rings. The van der Waals surface area contributed by atoms with Crippen LogP contribution in [-0.4, -0.2) is 22.8 Å². The quantitative estimate of drug-likeness (QED) is 0.767. The number of rotatable bonds is 2. The Labute approximate surface area is 98.3 Å². The summed E-state index contributed by atoms with van der Waals surface area (Å²) in [6.45, 7) is 0.101. The molecule has 0 bridgehead atoms. The number of hydrogen-bond donors (Lipinski definition) is 2. The van der Waals surface area contributed by atoms with E-state index in [2.05, 4.69) is 12.6 Å². The summed E-state index contributed by atoms with van der Waals surface area (Å²) in [6.07, 6.45) is 0.308. The van der Waals surface area contributed by atoms with Crippen LogP contribution in [0, 0.1) is 5.82 Å². The predicted octanol–water partition coefficient (Wildman–Crippen LogP) is 1.35. The van der Waals surface area contributed by atoms with Crippen LogP contribution in [-0.2, 0) is 11.4 Å². The van der Waals surface area contributed by atoms with Crippen molar-refractivity contribution in [3.8, 4) is 0 Å². The van der Waals surface area contributed by atoms with Gasteiger partial charge in [-0.15, -0.1) is 0 Å². The number of benzene rings is 1. The van der Waals surface area contributed by atoms with Crippen molar-refractivity contribution in [3.63, 3.8) is 0 Å². The van der Waals surface area contributed by atoms with Crippen LogP contribution in [0.5, 0.6) is 0 Å². The van der Waals surface area contributed by atoms with E-state index in [0.29, 0.717) is 18.5 Å². The maximum absolute atomic E-state index is 13.7. The van der Waals surface area contributed by atoms with Gasteiger partial charge in [-0.25, -0.2) is 4.39 Å². The zero-order valence-corrected chi connectivity index (χ0v) is 9.45. The molecule has 0 radical (unpaired) electrons. The Balaban J connectivity index is 2.43. The minimum atomic E-state index is -0.484. The molecule has 0 aliphatic carbocycles. The standard InChI is InChI=1S/C11H12FNO2S/c12-9-3-1-2-7(6-14)11(9)13-5-8(16)4-10(13)15/h1-3,8,14,16H,4-6H2. The van der Waals surface area contributed by atoms with E-state index in [4.69, 9.17) is 5.11 Å². The maximum Gasteiger partial charge on any atom is 0.228 e. The van der Waals surface area contributed by atoms with E-state index in [-0.39, 0.29) is 23.5 Å². The Bertz CT molecular complexity index is 424. The van der Waals surface area contributed by atoms with E-state index >= 15 is 0 Å². The van der Waals surface area contributed by atoms with Gasteiger partial charge in [0.15, 0.2) is 0 Å². The summed E-state index contributed by atoms with van der Waals surface area (Å²) in [7, 11) is 0. The fourth-order valence-electron chi connectivity index (χ4n) is 1.89. The van der Waals surface area contributed by atoms with Gasteiger partial charge in [0.2, 0.25) is 5.91 Å². The van der Waals surface area contributed by atoms with Gasteiger partial charge in [0.05, 0.1) is 12.3 Å². The van der Waals surface area contributed by atoms with E-state index in [9.17, 15) is 9.18 Å². The lowest BCUT2D eigenvalue weighted by Crippen LogP contribution is -2.27. The third-order valence-corrected chi connectivity index (χ3v) is 2.96. The predicted molar refractivity (Wildman–Crippen MR) is 62.1 cm³/mol. The number of hydrogen-bond acceptors (Lipinski definition) is 3. The number of thiol groups is 1. The first-order chi connectivity index (χ1) is 7.63. The highest BCUT2D eigenvalue weighted by molar-refractivity contribution is 7.81. The highest BCUT2D eigenvalue weighted by Gasteiger charge is 2.31. The number of aliphatic hydroxyl groups is 1. The fraction of sp³-hybridized carbons (Fsp3) is 0.364. The average molecular weight is 241 g/mol. The monoisotopic (exact) mass is 241 g/mol. The minimum Gasteiger partial charge on any atom is -0.392 e. The smallest absolute Gasteiger partial charge is 0.228 e. The number of amides is 1. The molecule has 1 unspecified atom stereocenters. The van der Waals surface area contributed by atoms with Crippen LogP contribution in [0.1, 0.15) is 12.0 Å². The second-order valence-corrected chi connectivity index (χ2v) is 4.50. The van der Waals surface area contributed by atoms with Crippen molar-refractivity contribution in [3.05, 3.63) is 29.6 Å². The Morgan fingerprint density at radius 1 is 1.56 bits per heavy atom. The largest absolute Gasteiger partial charge is 0.392 e. The summed E-state index contributed by atoms with van der Waals surface area (Å²) in [6, 6.07) is 4.41. The number of carbonyl (C=O) groups is 1. The van der Waals surface area contributed by atoms with Crippen LogP contribution in [0.3, 0.4) is 0 Å². The van der Waals surface area contributed by atoms with E-state index in [1.165, 1.54) is 17.0 Å². The summed E-state index contributed by atoms with van der Waals surface area (Å²) < 4.78 is 13.7. The van der Waals surface area contributed by atoms with Gasteiger partial charge in [-0.2, -0.15) is 12.6 Å². The molecule has 1 saturated heterocycles. The molecule has 1 N–H and O–H groups in total. The van der Waals surface area contributed by atoms with Crippen LogP contribution < -0.4 is 4.90 Å². The van der Waals surface area contributed by atoms with E-state index in [1.54, 1.807) is 6.07 Å². The molecule has 86 valence electrons. The molecule has 3 nitrogen and oxygen atoms in total. The summed E-state index contributed by atoms with van der Waals surface area (Å²) in [4.78, 5) is 13.0. The maximum atomic E-state index is 13.7. The van der Waals surface area contributed by atoms with Crippen molar-refractivity contribution in [2.75, 3.05) is 11.4 Å². The minimum absolute atomic E-state index is 0.0707. The van der Waals surface area contributed by atoms with Gasteiger partial charge in [0, 0.05) is 23.8 Å². The van der Waals surface area contributed by atoms with Gasteiger partial charge in [-0.05, 0) is 6.07 Å². The summed E-state index contributed by atoms with van der Waals surface area (Å²) >= 11 is 4.21. The van der Waals surface area contributed by atoms with Crippen molar-refractivity contribution in [1.29, 1.82) is 0 Å². The van der Waals surface area contributed by atoms with Crippen LogP contribution >= 0.6 is 12.6 Å². The second-order valence-electron chi connectivity index (χ2n) is 3.77. The number of anilines is 1. The number of nitrogens with zero attached hydrogens (tertiary/aromatic N) is 1. The molecule has 1 fully saturated rings. The van der Waals surface area contributed by atoms with E-state index in [0.717, 1.165) is 0 Å². The highest BCUT2D eigenvalue weighted by Crippen LogP contribution is 2.29. The summed E-state index contributed by atoms with van der Waals surface area (Å²) in [5, 5.41) is 9.06. The van der Waals surface area contributed by atoms with Crippen molar-refractivity contribution in [2.24, 2.45) is 0 Å². The van der Waals surface area contributed by atoms with E-state index < -0.39 is 5.82 Å². The number of para-hydroxylation sites is 1. The Hall–Kier alpha value is -1.07. The van der Waals surface area contributed by atoms with Gasteiger partial charge in [0.1, 0.15) is 5.82 Å². The molecule has 16 heavy (non-hydrogen) atoms. The lowest BCUT2D eigenvalue weighted by atomic mass is 10.1. The zero-order chi connectivity index (χ0) is 11.7. The van der Waals surface area contributed by atoms with Crippen molar-refractivity contribution in [2.45, 2.75) is 18.3 Å². The highest BCUT2D eigenvalue weighted by atomic mass is 32.1. The van der Waals surface area contributed by atoms with Gasteiger partial charge < -0.3 is 10.0 Å². The fourth-order valence-corrected chi connectivity index (χ4v) is 2.21. The van der Waals surface area contributed by atoms with Crippen LogP contribution in [0.15, 0.2) is 18.2 Å². The van der Waals surface area contributed by atoms with Crippen LogP contribution in [0.2, 0.25) is 0 Å². The molecular formula is C11H12FNO2S. The molecule has 0 saturated carbocycles. The van der Waals surface area contributed by atoms with Crippen LogP contribution in [0.25, 0.3) is 0 Å². The molecular weight excluding hydrogens is 229 g/mol. The third kappa shape index (κ3) is 1.92. The first-order valence-electron chi connectivity index (χ1n) is 5.00. The number of aliphatic hydroxyl groups excluding tert-OH is 1. The third-order valence-electron chi connectivity index (χ3n) is 2.62. The molecule has 5 heteroatoms. The van der Waals surface area contributed by atoms with Crippen molar-refractivity contribution < 1.29 is 14.3 Å².